The first-order chi connectivity index (χ1) is 4.86. The zero-order chi connectivity index (χ0) is 6.97. The quantitative estimate of drug-likeness (QED) is 0.547. The van der Waals surface area contributed by atoms with E-state index in [-0.39, 0.29) is 0 Å². The highest BCUT2D eigenvalue weighted by Gasteiger charge is 2.35. The lowest BCUT2D eigenvalue weighted by Crippen LogP contribution is -2.35. The van der Waals surface area contributed by atoms with Gasteiger partial charge in [-0.25, -0.2) is 0 Å². The van der Waals surface area contributed by atoms with Crippen molar-refractivity contribution in [2.45, 2.75) is 32.0 Å². The van der Waals surface area contributed by atoms with E-state index in [1.165, 1.54) is 12.8 Å². The van der Waals surface area contributed by atoms with Gasteiger partial charge < -0.3 is 9.47 Å². The van der Waals surface area contributed by atoms with E-state index in [1.807, 2.05) is 0 Å². The van der Waals surface area contributed by atoms with E-state index in [0.29, 0.717) is 12.2 Å². The third-order valence-corrected chi connectivity index (χ3v) is 2.19. The molecule has 0 aromatic rings. The molecule has 2 atom stereocenters. The van der Waals surface area contributed by atoms with E-state index >= 15 is 0 Å². The molecule has 2 nitrogen and oxygen atoms in total. The van der Waals surface area contributed by atoms with E-state index in [9.17, 15) is 0 Å². The first kappa shape index (κ1) is 6.62. The van der Waals surface area contributed by atoms with Crippen LogP contribution in [0.1, 0.15) is 19.8 Å². The molecule has 1 aliphatic carbocycles. The normalized spacial score (nSPS) is 41.7. The lowest BCUT2D eigenvalue weighted by Gasteiger charge is -2.27. The fourth-order valence-electron chi connectivity index (χ4n) is 1.44. The largest absolute Gasteiger partial charge is 0.376 e. The molecule has 2 heteroatoms. The smallest absolute Gasteiger partial charge is 0.0841 e. The molecular formula is C8H14O2. The van der Waals surface area contributed by atoms with E-state index in [0.717, 1.165) is 19.1 Å². The summed E-state index contributed by atoms with van der Waals surface area (Å²) >= 11 is 0. The lowest BCUT2D eigenvalue weighted by molar-refractivity contribution is -0.137. The van der Waals surface area contributed by atoms with Gasteiger partial charge in [-0.3, -0.25) is 0 Å². The van der Waals surface area contributed by atoms with E-state index in [2.05, 4.69) is 6.92 Å². The number of ether oxygens (including phenoxy) is 2. The van der Waals surface area contributed by atoms with Gasteiger partial charge in [-0.1, -0.05) is 0 Å². The van der Waals surface area contributed by atoms with Gasteiger partial charge in [-0.15, -0.1) is 0 Å². The number of hydrogen-bond donors (Lipinski definition) is 0. The van der Waals surface area contributed by atoms with Crippen molar-refractivity contribution < 1.29 is 9.47 Å². The minimum absolute atomic E-state index is 0.319. The van der Waals surface area contributed by atoms with Gasteiger partial charge in [0.05, 0.1) is 25.4 Å². The van der Waals surface area contributed by atoms with Crippen LogP contribution in [0.4, 0.5) is 0 Å². The fourth-order valence-corrected chi connectivity index (χ4v) is 1.44. The molecule has 1 heterocycles. The van der Waals surface area contributed by atoms with Gasteiger partial charge in [0.2, 0.25) is 0 Å². The minimum Gasteiger partial charge on any atom is -0.376 e. The molecule has 58 valence electrons. The summed E-state index contributed by atoms with van der Waals surface area (Å²) in [5.74, 6) is 0.822. The van der Waals surface area contributed by atoms with Crippen LogP contribution in [0, 0.1) is 5.92 Å². The van der Waals surface area contributed by atoms with E-state index in [1.54, 1.807) is 0 Å². The maximum Gasteiger partial charge on any atom is 0.0841 e. The van der Waals surface area contributed by atoms with E-state index in [4.69, 9.17) is 9.47 Å². The van der Waals surface area contributed by atoms with Gasteiger partial charge in [0, 0.05) is 0 Å². The molecule has 0 N–H and O–H groups in total. The van der Waals surface area contributed by atoms with Gasteiger partial charge in [-0.05, 0) is 25.7 Å². The van der Waals surface area contributed by atoms with Crippen molar-refractivity contribution in [1.29, 1.82) is 0 Å². The summed E-state index contributed by atoms with van der Waals surface area (Å²) in [6.07, 6.45) is 3.43. The Labute approximate surface area is 61.5 Å². The van der Waals surface area contributed by atoms with Crippen molar-refractivity contribution >= 4 is 0 Å². The third kappa shape index (κ3) is 1.32. The van der Waals surface area contributed by atoms with Crippen molar-refractivity contribution in [2.24, 2.45) is 5.92 Å². The van der Waals surface area contributed by atoms with Crippen LogP contribution >= 0.6 is 0 Å². The Hall–Kier alpha value is -0.0800. The van der Waals surface area contributed by atoms with Gasteiger partial charge in [0.1, 0.15) is 0 Å². The maximum atomic E-state index is 5.69. The summed E-state index contributed by atoms with van der Waals surface area (Å²) < 4.78 is 11.1. The standard InChI is InChI=1S/C8H14O2/c1-6-4-9-5-8(10-6)7-2-3-7/h6-8H,2-5H2,1H3/t6-,8?/m0/s1. The van der Waals surface area contributed by atoms with Crippen LogP contribution in [-0.2, 0) is 9.47 Å². The number of hydrogen-bond acceptors (Lipinski definition) is 2. The summed E-state index contributed by atoms with van der Waals surface area (Å²) in [6, 6.07) is 0. The van der Waals surface area contributed by atoms with Gasteiger partial charge >= 0.3 is 0 Å². The highest BCUT2D eigenvalue weighted by Crippen LogP contribution is 2.35. The molecule has 1 unspecified atom stereocenters. The second-order valence-corrected chi connectivity index (χ2v) is 3.36. The summed E-state index contributed by atoms with van der Waals surface area (Å²) in [5.41, 5.74) is 0. The fraction of sp³-hybridized carbons (Fsp3) is 1.00. The monoisotopic (exact) mass is 142 g/mol. The molecule has 10 heavy (non-hydrogen) atoms. The highest BCUT2D eigenvalue weighted by atomic mass is 16.6. The van der Waals surface area contributed by atoms with Crippen molar-refractivity contribution in [3.05, 3.63) is 0 Å². The van der Waals surface area contributed by atoms with Gasteiger partial charge in [0.25, 0.3) is 0 Å². The van der Waals surface area contributed by atoms with Crippen LogP contribution in [0.25, 0.3) is 0 Å². The van der Waals surface area contributed by atoms with Crippen molar-refractivity contribution in [1.82, 2.24) is 0 Å². The molecule has 1 aliphatic heterocycles. The second kappa shape index (κ2) is 2.51. The molecule has 0 radical (unpaired) electrons. The molecule has 0 bridgehead atoms. The van der Waals surface area contributed by atoms with Crippen LogP contribution in [0.3, 0.4) is 0 Å². The molecule has 0 amide bonds. The predicted octanol–water partition coefficient (Wildman–Crippen LogP) is 1.20. The summed E-state index contributed by atoms with van der Waals surface area (Å²) in [5, 5.41) is 0. The lowest BCUT2D eigenvalue weighted by atomic mass is 10.2. The Morgan fingerprint density at radius 1 is 1.20 bits per heavy atom. The predicted molar refractivity (Wildman–Crippen MR) is 37.9 cm³/mol. The van der Waals surface area contributed by atoms with Crippen molar-refractivity contribution in [2.75, 3.05) is 13.2 Å². The molecule has 1 saturated carbocycles. The van der Waals surface area contributed by atoms with Crippen molar-refractivity contribution in [3.8, 4) is 0 Å². The van der Waals surface area contributed by atoms with Gasteiger partial charge in [-0.2, -0.15) is 0 Å². The Morgan fingerprint density at radius 3 is 2.60 bits per heavy atom. The average Bonchev–Trinajstić information content (AvgIpc) is 2.68. The van der Waals surface area contributed by atoms with Crippen LogP contribution in [-0.4, -0.2) is 25.4 Å². The molecule has 1 saturated heterocycles. The highest BCUT2D eigenvalue weighted by molar-refractivity contribution is 4.84. The number of rotatable bonds is 1. The Bertz CT molecular complexity index is 120. The molecule has 2 rings (SSSR count). The second-order valence-electron chi connectivity index (χ2n) is 3.36. The molecular weight excluding hydrogens is 128 g/mol. The molecule has 0 spiro atoms. The SMILES string of the molecule is C[C@H]1COCC(C2CC2)O1. The zero-order valence-electron chi connectivity index (χ0n) is 6.38. The average molecular weight is 142 g/mol. The molecule has 2 fully saturated rings. The molecule has 0 aromatic carbocycles. The van der Waals surface area contributed by atoms with Crippen molar-refractivity contribution in [3.63, 3.8) is 0 Å². The van der Waals surface area contributed by atoms with Crippen LogP contribution in [0.2, 0.25) is 0 Å². The third-order valence-electron chi connectivity index (χ3n) is 2.19. The first-order valence-electron chi connectivity index (χ1n) is 4.09. The van der Waals surface area contributed by atoms with Gasteiger partial charge in [0.15, 0.2) is 0 Å². The Balaban J connectivity index is 1.84. The molecule has 0 aromatic heterocycles. The Morgan fingerprint density at radius 2 is 2.00 bits per heavy atom. The summed E-state index contributed by atoms with van der Waals surface area (Å²) in [7, 11) is 0. The van der Waals surface area contributed by atoms with Crippen LogP contribution in [0.15, 0.2) is 0 Å². The van der Waals surface area contributed by atoms with E-state index < -0.39 is 0 Å². The minimum atomic E-state index is 0.319. The Kier molecular flexibility index (Phi) is 1.66. The maximum absolute atomic E-state index is 5.69. The summed E-state index contributed by atoms with van der Waals surface area (Å²) in [6.45, 7) is 3.69. The van der Waals surface area contributed by atoms with Crippen LogP contribution < -0.4 is 0 Å². The first-order valence-corrected chi connectivity index (χ1v) is 4.09. The zero-order valence-corrected chi connectivity index (χ0v) is 6.38. The topological polar surface area (TPSA) is 18.5 Å². The van der Waals surface area contributed by atoms with Crippen LogP contribution in [0.5, 0.6) is 0 Å². The summed E-state index contributed by atoms with van der Waals surface area (Å²) in [4.78, 5) is 0. The molecule has 2 aliphatic rings.